The number of benzene rings is 1. The molecule has 0 bridgehead atoms. The van der Waals surface area contributed by atoms with Gasteiger partial charge in [0.1, 0.15) is 20.7 Å². The van der Waals surface area contributed by atoms with Crippen molar-refractivity contribution in [1.29, 1.82) is 0 Å². The van der Waals surface area contributed by atoms with Gasteiger partial charge in [0.25, 0.3) is 0 Å². The number of thiophene rings is 1. The molecule has 1 amide bonds. The second kappa shape index (κ2) is 8.05. The summed E-state index contributed by atoms with van der Waals surface area (Å²) < 4.78 is 4.28. The number of carbonyl (C=O) groups is 1. The highest BCUT2D eigenvalue weighted by Gasteiger charge is 2.22. The smallest absolute Gasteiger partial charge is 0.241 e. The molecule has 1 aliphatic carbocycles. The third-order valence-electron chi connectivity index (χ3n) is 4.96. The molecule has 6 nitrogen and oxygen atoms in total. The Morgan fingerprint density at radius 3 is 2.80 bits per heavy atom. The molecule has 9 heteroatoms. The van der Waals surface area contributed by atoms with E-state index in [9.17, 15) is 4.79 Å². The Morgan fingerprint density at radius 2 is 1.97 bits per heavy atom. The Labute approximate surface area is 186 Å². The van der Waals surface area contributed by atoms with Crippen LogP contribution in [0.4, 0.5) is 5.95 Å². The van der Waals surface area contributed by atoms with Crippen molar-refractivity contribution in [2.45, 2.75) is 38.1 Å². The molecule has 3 heterocycles. The molecule has 0 spiro atoms. The van der Waals surface area contributed by atoms with Gasteiger partial charge in [-0.05, 0) is 50.2 Å². The second-order valence-electron chi connectivity index (χ2n) is 7.24. The van der Waals surface area contributed by atoms with E-state index in [4.69, 9.17) is 0 Å². The normalized spacial score (nSPS) is 13.0. The molecule has 152 valence electrons. The number of thioether (sulfide) groups is 1. The maximum atomic E-state index is 12.5. The average molecular weight is 454 g/mol. The summed E-state index contributed by atoms with van der Waals surface area (Å²) in [6.45, 7) is 3.95. The highest BCUT2D eigenvalue weighted by Crippen LogP contribution is 2.40. The molecule has 0 saturated heterocycles. The highest BCUT2D eigenvalue weighted by molar-refractivity contribution is 8.00. The molecule has 4 aromatic rings. The summed E-state index contributed by atoms with van der Waals surface area (Å²) in [5.41, 5.74) is 3.57. The van der Waals surface area contributed by atoms with E-state index in [2.05, 4.69) is 24.6 Å². The number of hydrogen-bond acceptors (Lipinski definition) is 8. The van der Waals surface area contributed by atoms with Gasteiger partial charge in [0.2, 0.25) is 11.9 Å². The maximum Gasteiger partial charge on any atom is 0.241 e. The zero-order valence-electron chi connectivity index (χ0n) is 16.6. The average Bonchev–Trinajstić information content (AvgIpc) is 3.42. The largest absolute Gasteiger partial charge is 0.293 e. The van der Waals surface area contributed by atoms with Crippen LogP contribution in [0.3, 0.4) is 0 Å². The molecule has 0 aliphatic heterocycles. The molecule has 0 fully saturated rings. The summed E-state index contributed by atoms with van der Waals surface area (Å²) in [4.78, 5) is 28.7. The fraction of sp³-hybridized carbons (Fsp3) is 0.286. The number of aryl methyl sites for hydroxylation is 4. The lowest BCUT2D eigenvalue weighted by molar-refractivity contribution is -0.113. The van der Waals surface area contributed by atoms with Gasteiger partial charge < -0.3 is 0 Å². The Hall–Kier alpha value is -2.36. The molecule has 1 aliphatic rings. The van der Waals surface area contributed by atoms with Crippen molar-refractivity contribution in [3.8, 4) is 10.6 Å². The van der Waals surface area contributed by atoms with Crippen LogP contribution >= 0.6 is 34.6 Å². The third kappa shape index (κ3) is 3.84. The third-order valence-corrected chi connectivity index (χ3v) is 7.88. The summed E-state index contributed by atoms with van der Waals surface area (Å²) in [6.07, 6.45) is 3.39. The van der Waals surface area contributed by atoms with Crippen LogP contribution in [-0.4, -0.2) is 31.0 Å². The fourth-order valence-electron chi connectivity index (χ4n) is 3.55. The van der Waals surface area contributed by atoms with E-state index in [0.717, 1.165) is 44.5 Å². The molecule has 5 rings (SSSR count). The fourth-order valence-corrected chi connectivity index (χ4v) is 6.45. The van der Waals surface area contributed by atoms with E-state index >= 15 is 0 Å². The first kappa shape index (κ1) is 19.6. The number of anilines is 1. The number of hydrogen-bond donors (Lipinski definition) is 1. The molecule has 0 unspecified atom stereocenters. The molecule has 0 atom stereocenters. The van der Waals surface area contributed by atoms with Crippen LogP contribution in [0.2, 0.25) is 0 Å². The van der Waals surface area contributed by atoms with Gasteiger partial charge in [0.05, 0.1) is 5.75 Å². The highest BCUT2D eigenvalue weighted by atomic mass is 32.2. The summed E-state index contributed by atoms with van der Waals surface area (Å²) in [6, 6.07) is 8.10. The molecule has 3 aromatic heterocycles. The number of amides is 1. The molecular formula is C21H19N5OS3. The minimum atomic E-state index is -0.135. The minimum Gasteiger partial charge on any atom is -0.293 e. The Bertz CT molecular complexity index is 1250. The first-order chi connectivity index (χ1) is 14.6. The van der Waals surface area contributed by atoms with E-state index < -0.39 is 0 Å². The summed E-state index contributed by atoms with van der Waals surface area (Å²) in [7, 11) is 0. The lowest BCUT2D eigenvalue weighted by Crippen LogP contribution is -2.15. The monoisotopic (exact) mass is 453 g/mol. The predicted molar refractivity (Wildman–Crippen MR) is 124 cm³/mol. The SMILES string of the molecule is Cc1ccc(-c2nc(NC(=O)CSc3nc(C)nc4sc5c(c34)CCC5)ns2)cc1. The molecule has 1 N–H and O–H groups in total. The van der Waals surface area contributed by atoms with Crippen LogP contribution in [-0.2, 0) is 17.6 Å². The van der Waals surface area contributed by atoms with Gasteiger partial charge in [0.15, 0.2) is 0 Å². The van der Waals surface area contributed by atoms with Crippen molar-refractivity contribution in [2.75, 3.05) is 11.1 Å². The zero-order valence-corrected chi connectivity index (χ0v) is 19.0. The van der Waals surface area contributed by atoms with Crippen molar-refractivity contribution >= 4 is 56.7 Å². The van der Waals surface area contributed by atoms with Gasteiger partial charge in [-0.1, -0.05) is 41.6 Å². The van der Waals surface area contributed by atoms with Gasteiger partial charge in [-0.2, -0.15) is 9.36 Å². The van der Waals surface area contributed by atoms with Gasteiger partial charge in [-0.3, -0.25) is 10.1 Å². The van der Waals surface area contributed by atoms with Gasteiger partial charge in [-0.25, -0.2) is 9.97 Å². The van der Waals surface area contributed by atoms with Crippen LogP contribution in [0.1, 0.15) is 28.2 Å². The number of fused-ring (bicyclic) bond motifs is 3. The van der Waals surface area contributed by atoms with E-state index in [0.29, 0.717) is 5.95 Å². The zero-order chi connectivity index (χ0) is 20.7. The van der Waals surface area contributed by atoms with E-state index in [-0.39, 0.29) is 11.7 Å². The lowest BCUT2D eigenvalue weighted by Gasteiger charge is -2.05. The second-order valence-corrected chi connectivity index (χ2v) is 10.0. The van der Waals surface area contributed by atoms with Crippen LogP contribution in [0.25, 0.3) is 20.8 Å². The molecular weight excluding hydrogens is 434 g/mol. The van der Waals surface area contributed by atoms with Crippen LogP contribution in [0.5, 0.6) is 0 Å². The summed E-state index contributed by atoms with van der Waals surface area (Å²) >= 11 is 4.51. The molecule has 30 heavy (non-hydrogen) atoms. The van der Waals surface area contributed by atoms with E-state index in [1.54, 1.807) is 11.3 Å². The number of carbonyl (C=O) groups excluding carboxylic acids is 1. The van der Waals surface area contributed by atoms with E-state index in [1.807, 2.05) is 38.1 Å². The van der Waals surface area contributed by atoms with Crippen LogP contribution in [0.15, 0.2) is 29.3 Å². The standard InChI is InChI=1S/C21H19N5OS3/c1-11-6-8-13(9-7-11)18-25-21(26-30-18)24-16(27)10-28-19-17-14-4-3-5-15(14)29-20(17)23-12(2)22-19/h6-9H,3-5,10H2,1-2H3,(H,24,26,27). The predicted octanol–water partition coefficient (Wildman–Crippen LogP) is 5.05. The molecule has 0 saturated carbocycles. The van der Waals surface area contributed by atoms with Gasteiger partial charge in [-0.15, -0.1) is 11.3 Å². The number of nitrogens with one attached hydrogen (secondary N) is 1. The van der Waals surface area contributed by atoms with Crippen molar-refractivity contribution in [1.82, 2.24) is 19.3 Å². The summed E-state index contributed by atoms with van der Waals surface area (Å²) in [5, 5.41) is 5.65. The van der Waals surface area contributed by atoms with Crippen LogP contribution < -0.4 is 5.32 Å². The van der Waals surface area contributed by atoms with Crippen LogP contribution in [0, 0.1) is 13.8 Å². The molecule has 1 aromatic carbocycles. The maximum absolute atomic E-state index is 12.5. The van der Waals surface area contributed by atoms with Gasteiger partial charge >= 0.3 is 0 Å². The Morgan fingerprint density at radius 1 is 1.13 bits per heavy atom. The van der Waals surface area contributed by atoms with Crippen molar-refractivity contribution < 1.29 is 4.79 Å². The van der Waals surface area contributed by atoms with Crippen molar-refractivity contribution in [2.24, 2.45) is 0 Å². The Kier molecular flexibility index (Phi) is 5.26. The molecule has 0 radical (unpaired) electrons. The topological polar surface area (TPSA) is 80.7 Å². The quantitative estimate of drug-likeness (QED) is 0.337. The lowest BCUT2D eigenvalue weighted by atomic mass is 10.2. The minimum absolute atomic E-state index is 0.135. The van der Waals surface area contributed by atoms with E-state index in [1.165, 1.54) is 45.7 Å². The van der Waals surface area contributed by atoms with Gasteiger partial charge in [0, 0.05) is 15.8 Å². The first-order valence-corrected chi connectivity index (χ1v) is 12.3. The number of nitrogens with zero attached hydrogens (tertiary/aromatic N) is 4. The van der Waals surface area contributed by atoms with Crippen molar-refractivity contribution in [3.05, 3.63) is 46.1 Å². The van der Waals surface area contributed by atoms with Crippen molar-refractivity contribution in [3.63, 3.8) is 0 Å². The first-order valence-electron chi connectivity index (χ1n) is 9.69. The summed E-state index contributed by atoms with van der Waals surface area (Å²) in [5.74, 6) is 1.22. The Balaban J connectivity index is 1.29. The number of aromatic nitrogens is 4. The number of rotatable bonds is 5.